The maximum absolute atomic E-state index is 13.1. The number of halogens is 1. The topological polar surface area (TPSA) is 35.2 Å². The minimum Gasteiger partial charge on any atom is -0.494 e. The Balaban J connectivity index is 2.01. The fraction of sp³-hybridized carbons (Fsp3) is 0.500. The molecule has 0 amide bonds. The summed E-state index contributed by atoms with van der Waals surface area (Å²) in [6, 6.07) is 4.99. The molecular formula is C12H16FNO. The van der Waals surface area contributed by atoms with Gasteiger partial charge in [0, 0.05) is 5.54 Å². The Kier molecular flexibility index (Phi) is 2.65. The molecule has 82 valence electrons. The molecule has 2 rings (SSSR count). The van der Waals surface area contributed by atoms with Crippen LogP contribution in [-0.4, -0.2) is 12.6 Å². The molecule has 0 unspecified atom stereocenters. The van der Waals surface area contributed by atoms with E-state index in [9.17, 15) is 4.39 Å². The van der Waals surface area contributed by atoms with Gasteiger partial charge in [-0.25, -0.2) is 4.39 Å². The fourth-order valence-electron chi connectivity index (χ4n) is 1.66. The number of aryl methyl sites for hydroxylation is 1. The van der Waals surface area contributed by atoms with Gasteiger partial charge in [-0.05, 0) is 43.4 Å². The summed E-state index contributed by atoms with van der Waals surface area (Å²) in [5.74, 6) is 0.00417. The number of rotatable bonds is 4. The highest BCUT2D eigenvalue weighted by molar-refractivity contribution is 5.30. The minimum atomic E-state index is -0.310. The number of benzene rings is 1. The first-order chi connectivity index (χ1) is 7.13. The lowest BCUT2D eigenvalue weighted by molar-refractivity contribution is 0.385. The Morgan fingerprint density at radius 3 is 2.80 bits per heavy atom. The van der Waals surface area contributed by atoms with Crippen LogP contribution in [0.4, 0.5) is 4.39 Å². The first kappa shape index (κ1) is 10.4. The summed E-state index contributed by atoms with van der Waals surface area (Å²) in [5, 5.41) is 0. The van der Waals surface area contributed by atoms with Gasteiger partial charge in [-0.1, -0.05) is 6.07 Å². The molecule has 3 heteroatoms. The molecule has 1 aliphatic rings. The van der Waals surface area contributed by atoms with E-state index in [1.165, 1.54) is 13.2 Å². The summed E-state index contributed by atoms with van der Waals surface area (Å²) in [5.41, 5.74) is 7.13. The quantitative estimate of drug-likeness (QED) is 0.825. The molecule has 15 heavy (non-hydrogen) atoms. The second kappa shape index (κ2) is 3.81. The Hall–Kier alpha value is -1.09. The molecule has 0 aliphatic heterocycles. The standard InChI is InChI=1S/C12H16FNO/c1-15-11-8-9(2-3-10(11)13)4-5-12(14)6-7-12/h2-3,8H,4-7,14H2,1H3. The Morgan fingerprint density at radius 1 is 1.47 bits per heavy atom. The number of nitrogens with two attached hydrogens (primary N) is 1. The van der Waals surface area contributed by atoms with Crippen LogP contribution >= 0.6 is 0 Å². The third-order valence-corrected chi connectivity index (χ3v) is 3.02. The van der Waals surface area contributed by atoms with Gasteiger partial charge in [-0.3, -0.25) is 0 Å². The van der Waals surface area contributed by atoms with E-state index in [0.717, 1.165) is 31.2 Å². The van der Waals surface area contributed by atoms with E-state index in [1.54, 1.807) is 12.1 Å². The number of hydrogen-bond donors (Lipinski definition) is 1. The Morgan fingerprint density at radius 2 is 2.20 bits per heavy atom. The molecule has 1 aromatic rings. The molecule has 0 spiro atoms. The summed E-state index contributed by atoms with van der Waals surface area (Å²) in [7, 11) is 1.48. The summed E-state index contributed by atoms with van der Waals surface area (Å²) >= 11 is 0. The van der Waals surface area contributed by atoms with Crippen LogP contribution in [0.25, 0.3) is 0 Å². The average molecular weight is 209 g/mol. The molecule has 1 saturated carbocycles. The van der Waals surface area contributed by atoms with E-state index in [1.807, 2.05) is 0 Å². The van der Waals surface area contributed by atoms with Crippen LogP contribution in [-0.2, 0) is 6.42 Å². The lowest BCUT2D eigenvalue weighted by atomic mass is 10.0. The van der Waals surface area contributed by atoms with Crippen molar-refractivity contribution in [3.63, 3.8) is 0 Å². The van der Waals surface area contributed by atoms with Crippen LogP contribution in [0, 0.1) is 5.82 Å². The molecule has 0 aromatic heterocycles. The van der Waals surface area contributed by atoms with Crippen LogP contribution in [0.5, 0.6) is 5.75 Å². The molecule has 1 aliphatic carbocycles. The van der Waals surface area contributed by atoms with Gasteiger partial charge in [-0.15, -0.1) is 0 Å². The van der Waals surface area contributed by atoms with Crippen LogP contribution < -0.4 is 10.5 Å². The smallest absolute Gasteiger partial charge is 0.165 e. The van der Waals surface area contributed by atoms with Gasteiger partial charge in [0.25, 0.3) is 0 Å². The highest BCUT2D eigenvalue weighted by atomic mass is 19.1. The monoisotopic (exact) mass is 209 g/mol. The highest BCUT2D eigenvalue weighted by Crippen LogP contribution is 2.36. The highest BCUT2D eigenvalue weighted by Gasteiger charge is 2.37. The first-order valence-corrected chi connectivity index (χ1v) is 5.24. The van der Waals surface area contributed by atoms with Crippen molar-refractivity contribution in [2.75, 3.05) is 7.11 Å². The molecule has 0 atom stereocenters. The molecule has 0 saturated heterocycles. The number of hydrogen-bond acceptors (Lipinski definition) is 2. The molecular weight excluding hydrogens is 193 g/mol. The van der Waals surface area contributed by atoms with Crippen LogP contribution in [0.2, 0.25) is 0 Å². The van der Waals surface area contributed by atoms with E-state index in [2.05, 4.69) is 0 Å². The van der Waals surface area contributed by atoms with Gasteiger partial charge in [0.1, 0.15) is 0 Å². The Bertz CT molecular complexity index is 361. The summed E-state index contributed by atoms with van der Waals surface area (Å²) in [6.45, 7) is 0. The second-order valence-corrected chi connectivity index (χ2v) is 4.33. The predicted octanol–water partition coefficient (Wildman–Crippen LogP) is 2.26. The number of methoxy groups -OCH3 is 1. The third kappa shape index (κ3) is 2.48. The van der Waals surface area contributed by atoms with E-state index in [0.29, 0.717) is 5.75 Å². The average Bonchev–Trinajstić information content (AvgIpc) is 2.96. The lowest BCUT2D eigenvalue weighted by Crippen LogP contribution is -2.22. The minimum absolute atomic E-state index is 0.0572. The van der Waals surface area contributed by atoms with Crippen molar-refractivity contribution < 1.29 is 9.13 Å². The van der Waals surface area contributed by atoms with Crippen molar-refractivity contribution in [3.8, 4) is 5.75 Å². The number of ether oxygens (including phenoxy) is 1. The van der Waals surface area contributed by atoms with Crippen LogP contribution in [0.15, 0.2) is 18.2 Å². The molecule has 1 aromatic carbocycles. The zero-order valence-electron chi connectivity index (χ0n) is 8.92. The van der Waals surface area contributed by atoms with Crippen molar-refractivity contribution in [2.24, 2.45) is 5.73 Å². The molecule has 0 radical (unpaired) electrons. The first-order valence-electron chi connectivity index (χ1n) is 5.24. The predicted molar refractivity (Wildman–Crippen MR) is 57.4 cm³/mol. The van der Waals surface area contributed by atoms with Gasteiger partial charge >= 0.3 is 0 Å². The largest absolute Gasteiger partial charge is 0.494 e. The van der Waals surface area contributed by atoms with Gasteiger partial charge in [0.05, 0.1) is 7.11 Å². The van der Waals surface area contributed by atoms with Crippen molar-refractivity contribution in [1.82, 2.24) is 0 Å². The molecule has 2 N–H and O–H groups in total. The maximum atomic E-state index is 13.1. The molecule has 0 heterocycles. The van der Waals surface area contributed by atoms with Crippen molar-refractivity contribution in [1.29, 1.82) is 0 Å². The summed E-state index contributed by atoms with van der Waals surface area (Å²) < 4.78 is 18.0. The Labute approximate surface area is 89.2 Å². The molecule has 1 fully saturated rings. The zero-order chi connectivity index (χ0) is 10.9. The van der Waals surface area contributed by atoms with E-state index in [4.69, 9.17) is 10.5 Å². The lowest BCUT2D eigenvalue weighted by Gasteiger charge is -2.09. The van der Waals surface area contributed by atoms with E-state index >= 15 is 0 Å². The van der Waals surface area contributed by atoms with Gasteiger partial charge < -0.3 is 10.5 Å². The molecule has 0 bridgehead atoms. The van der Waals surface area contributed by atoms with Gasteiger partial charge in [0.2, 0.25) is 0 Å². The van der Waals surface area contributed by atoms with Gasteiger partial charge in [-0.2, -0.15) is 0 Å². The fourth-order valence-corrected chi connectivity index (χ4v) is 1.66. The van der Waals surface area contributed by atoms with E-state index in [-0.39, 0.29) is 11.4 Å². The summed E-state index contributed by atoms with van der Waals surface area (Å²) in [6.07, 6.45) is 4.10. The van der Waals surface area contributed by atoms with Crippen molar-refractivity contribution in [3.05, 3.63) is 29.6 Å². The van der Waals surface area contributed by atoms with Crippen molar-refractivity contribution in [2.45, 2.75) is 31.2 Å². The third-order valence-electron chi connectivity index (χ3n) is 3.02. The summed E-state index contributed by atoms with van der Waals surface area (Å²) in [4.78, 5) is 0. The van der Waals surface area contributed by atoms with Crippen LogP contribution in [0.1, 0.15) is 24.8 Å². The SMILES string of the molecule is COc1cc(CCC2(N)CC2)ccc1F. The second-order valence-electron chi connectivity index (χ2n) is 4.33. The van der Waals surface area contributed by atoms with E-state index < -0.39 is 0 Å². The normalized spacial score (nSPS) is 17.5. The zero-order valence-corrected chi connectivity index (χ0v) is 8.92. The molecule has 2 nitrogen and oxygen atoms in total. The maximum Gasteiger partial charge on any atom is 0.165 e. The van der Waals surface area contributed by atoms with Gasteiger partial charge in [0.15, 0.2) is 11.6 Å². The van der Waals surface area contributed by atoms with Crippen molar-refractivity contribution >= 4 is 0 Å². The van der Waals surface area contributed by atoms with Crippen LogP contribution in [0.3, 0.4) is 0 Å².